The van der Waals surface area contributed by atoms with Gasteiger partial charge in [0.25, 0.3) is 0 Å². The summed E-state index contributed by atoms with van der Waals surface area (Å²) in [6.07, 6.45) is 64.5. The molecule has 19 rings (SSSR count). The fourth-order valence-electron chi connectivity index (χ4n) is 21.8. The van der Waals surface area contributed by atoms with E-state index in [0.717, 1.165) is 139 Å². The zero-order valence-corrected chi connectivity index (χ0v) is 68.8. The number of benzene rings is 6. The van der Waals surface area contributed by atoms with Gasteiger partial charge in [0.15, 0.2) is 0 Å². The molecule has 7 heteroatoms. The van der Waals surface area contributed by atoms with Gasteiger partial charge in [0, 0.05) is 76.2 Å². The summed E-state index contributed by atoms with van der Waals surface area (Å²) in [7, 11) is 0. The molecule has 13 aliphatic rings. The zero-order valence-electron chi connectivity index (χ0n) is 68.8. The first kappa shape index (κ1) is 76.0. The maximum absolute atomic E-state index is 15.5. The first-order valence-electron chi connectivity index (χ1n) is 43.3. The molecule has 0 amide bonds. The van der Waals surface area contributed by atoms with Crippen molar-refractivity contribution in [1.82, 2.24) is 4.90 Å². The van der Waals surface area contributed by atoms with Crippen LogP contribution < -0.4 is 19.1 Å². The molecular weight excluding hydrogens is 1440 g/mol. The third kappa shape index (κ3) is 13.9. The molecule has 1 aliphatic heterocycles. The molecule has 6 aromatic carbocycles. The normalized spacial score (nSPS) is 26.8. The van der Waals surface area contributed by atoms with Crippen molar-refractivity contribution in [1.29, 1.82) is 0 Å². The predicted molar refractivity (Wildman–Crippen MR) is 478 cm³/mol. The van der Waals surface area contributed by atoms with Crippen LogP contribution in [0.3, 0.4) is 0 Å². The Morgan fingerprint density at radius 2 is 1.42 bits per heavy atom. The van der Waals surface area contributed by atoms with Crippen molar-refractivity contribution >= 4 is 28.6 Å². The molecule has 10 atom stereocenters. The highest BCUT2D eigenvalue weighted by Crippen LogP contribution is 2.65. The predicted octanol–water partition coefficient (Wildman–Crippen LogP) is 28.3. The minimum atomic E-state index is -0.891. The highest BCUT2D eigenvalue weighted by molar-refractivity contribution is 5.93. The Bertz CT molecular complexity index is 5640. The Morgan fingerprint density at radius 3 is 2.16 bits per heavy atom. The van der Waals surface area contributed by atoms with E-state index in [2.05, 4.69) is 307 Å². The molecule has 0 radical (unpaired) electrons. The largest absolute Gasteiger partial charge is 0.486 e. The first-order valence-corrected chi connectivity index (χ1v) is 43.3. The summed E-state index contributed by atoms with van der Waals surface area (Å²) in [4.78, 5) is 4.83. The molecular formula is C110H108F2N2O3. The van der Waals surface area contributed by atoms with Crippen LogP contribution >= 0.6 is 0 Å². The maximum atomic E-state index is 15.5. The van der Waals surface area contributed by atoms with Crippen molar-refractivity contribution in [2.45, 2.75) is 185 Å². The number of ether oxygens (including phenoxy) is 3. The average molecular weight is 1540 g/mol. The maximum Gasteiger partial charge on any atom is 0.128 e. The van der Waals surface area contributed by atoms with Crippen LogP contribution in [0.4, 0.5) is 20.2 Å². The summed E-state index contributed by atoms with van der Waals surface area (Å²) in [5.41, 5.74) is 28.1. The number of anilines is 2. The SMILES string of the molecule is C=CC1=CC=C(Oc2ccc(C3(C4C=CC(C(C)(C)C)=CC4)C4=C(C=CCC4)C4CCC(C5C=C(N(C6=CC7c8cc(N(C9=CCC(F)CC9)c9cccc(C%10=CC%11=C(CC%10)c%10ccccc%10C%11(C%10=CCC(Oc%11ccc(C=C)cc%11)C=C%10)c%10ccc(C(C)(C)C)cc%10)c9)ccc8OC7C=C6)C6=CC=C(F)CC6)C=CC5)=CC43)cc2)CC1. The van der Waals surface area contributed by atoms with Crippen LogP contribution in [0.15, 0.2) is 360 Å². The van der Waals surface area contributed by atoms with E-state index in [0.29, 0.717) is 38.0 Å². The Labute approximate surface area is 692 Å². The fraction of sp³-hybridized carbons (Fsp3) is 0.309. The summed E-state index contributed by atoms with van der Waals surface area (Å²) in [6.45, 7) is 21.9. The third-order valence-corrected chi connectivity index (χ3v) is 27.7. The van der Waals surface area contributed by atoms with E-state index in [1.165, 1.54) is 72.4 Å². The van der Waals surface area contributed by atoms with E-state index in [9.17, 15) is 0 Å². The van der Waals surface area contributed by atoms with Crippen LogP contribution in [0.5, 0.6) is 17.2 Å². The Balaban J connectivity index is 0.657. The lowest BCUT2D eigenvalue weighted by molar-refractivity contribution is 0.240. The number of hydrogen-bond donors (Lipinski definition) is 0. The van der Waals surface area contributed by atoms with Gasteiger partial charge < -0.3 is 24.0 Å². The number of fused-ring (bicyclic) bond motifs is 7. The molecule has 0 N–H and O–H groups in total. The average Bonchev–Trinajstić information content (AvgIpc) is 1.54. The van der Waals surface area contributed by atoms with Gasteiger partial charge in [0.1, 0.15) is 47.2 Å². The van der Waals surface area contributed by atoms with Crippen molar-refractivity contribution < 1.29 is 23.0 Å². The van der Waals surface area contributed by atoms with E-state index >= 15 is 8.78 Å². The molecule has 0 fully saturated rings. The number of rotatable bonds is 18. The molecule has 12 aliphatic carbocycles. The second kappa shape index (κ2) is 30.8. The van der Waals surface area contributed by atoms with Crippen LogP contribution in [-0.4, -0.2) is 23.3 Å². The van der Waals surface area contributed by atoms with Gasteiger partial charge >= 0.3 is 0 Å². The van der Waals surface area contributed by atoms with E-state index in [1.807, 2.05) is 30.4 Å². The van der Waals surface area contributed by atoms with Gasteiger partial charge in [0.05, 0.1) is 5.41 Å². The van der Waals surface area contributed by atoms with Crippen molar-refractivity contribution in [3.8, 4) is 17.2 Å². The van der Waals surface area contributed by atoms with E-state index in [4.69, 9.17) is 14.2 Å². The quantitative estimate of drug-likeness (QED) is 0.0801. The minimum absolute atomic E-state index is 0.0177. The number of alkyl halides is 1. The van der Waals surface area contributed by atoms with Gasteiger partial charge in [0.2, 0.25) is 0 Å². The third-order valence-electron chi connectivity index (χ3n) is 27.7. The molecule has 1 heterocycles. The Morgan fingerprint density at radius 1 is 0.598 bits per heavy atom. The van der Waals surface area contributed by atoms with Gasteiger partial charge in [-0.3, -0.25) is 0 Å². The summed E-state index contributed by atoms with van der Waals surface area (Å²) in [5.74, 6) is 4.43. The number of hydrogen-bond acceptors (Lipinski definition) is 5. The van der Waals surface area contributed by atoms with E-state index in [1.54, 1.807) is 17.2 Å². The van der Waals surface area contributed by atoms with Crippen molar-refractivity contribution in [3.63, 3.8) is 0 Å². The smallest absolute Gasteiger partial charge is 0.128 e. The Kier molecular flexibility index (Phi) is 20.0. The molecule has 0 spiro atoms. The second-order valence-corrected chi connectivity index (χ2v) is 36.5. The van der Waals surface area contributed by atoms with Crippen molar-refractivity contribution in [3.05, 3.63) is 404 Å². The van der Waals surface area contributed by atoms with Crippen molar-refractivity contribution in [2.75, 3.05) is 4.90 Å². The van der Waals surface area contributed by atoms with E-state index in [-0.39, 0.29) is 58.0 Å². The van der Waals surface area contributed by atoms with Gasteiger partial charge in [-0.05, 0) is 293 Å². The molecule has 0 bridgehead atoms. The number of nitrogens with zero attached hydrogens (tertiary/aromatic N) is 2. The molecule has 10 unspecified atom stereocenters. The van der Waals surface area contributed by atoms with Gasteiger partial charge in [-0.1, -0.05) is 242 Å². The molecule has 0 aromatic heterocycles. The van der Waals surface area contributed by atoms with Gasteiger partial charge in [-0.15, -0.1) is 0 Å². The zero-order chi connectivity index (χ0) is 79.9. The van der Waals surface area contributed by atoms with Crippen LogP contribution in [0.25, 0.3) is 17.2 Å². The lowest BCUT2D eigenvalue weighted by Gasteiger charge is -2.47. The summed E-state index contributed by atoms with van der Waals surface area (Å²) < 4.78 is 51.2. The highest BCUT2D eigenvalue weighted by atomic mass is 19.1. The minimum Gasteiger partial charge on any atom is -0.486 e. The topological polar surface area (TPSA) is 34.2 Å². The lowest BCUT2D eigenvalue weighted by Crippen LogP contribution is -2.43. The first-order chi connectivity index (χ1) is 56.9. The van der Waals surface area contributed by atoms with E-state index < -0.39 is 11.6 Å². The van der Waals surface area contributed by atoms with Crippen LogP contribution in [0, 0.1) is 29.1 Å². The summed E-state index contributed by atoms with van der Waals surface area (Å²) in [5, 5.41) is 0. The van der Waals surface area contributed by atoms with Gasteiger partial charge in [-0.25, -0.2) is 8.78 Å². The van der Waals surface area contributed by atoms with Crippen molar-refractivity contribution in [2.24, 2.45) is 29.1 Å². The summed E-state index contributed by atoms with van der Waals surface area (Å²) in [6, 6.07) is 51.9. The van der Waals surface area contributed by atoms with Crippen LogP contribution in [-0.2, 0) is 16.2 Å². The van der Waals surface area contributed by atoms with Gasteiger partial charge in [-0.2, -0.15) is 0 Å². The molecule has 0 saturated carbocycles. The highest BCUT2D eigenvalue weighted by Gasteiger charge is 2.58. The van der Waals surface area contributed by atoms with Crippen LogP contribution in [0.2, 0.25) is 0 Å². The summed E-state index contributed by atoms with van der Waals surface area (Å²) >= 11 is 0. The Hall–Kier alpha value is -11.0. The fourth-order valence-corrected chi connectivity index (χ4v) is 21.8. The molecule has 117 heavy (non-hydrogen) atoms. The number of allylic oxidation sites excluding steroid dienone is 31. The molecule has 6 aromatic rings. The molecule has 5 nitrogen and oxygen atoms in total. The standard InChI is InChI=1S/C110H108F2N2O3/c1-9-71-25-53-91(54-26-71)115-93-57-39-81(40-58-93)109(79-35-31-77(32-36-79)107(3,4)5)101-23-13-11-21-95(101)97-61-29-75(67-103(97)109)73-17-15-19-87(65-73)113(85-47-43-83(111)44-48-85)89-51-63-105-99(69-89)100-70-90(52-64-106(100)117-105)114(86-49-45-84(112)46-50-86)88-20-16-18-74(66-88)76-30-62-98-96-22-12-14-24-102(96)110(104(98)68-76,80-37-33-78(34-38-80)108(6,7)8)82-41-59-94(60-42-82)116-92-55-27-72(10-2)28-56-92/h9-13,15-17,19-23,25-27,31-37,39-42,45,47,49,51-55,57,59-60,63-70,74,80,83,93,98,100,104,106H,1-2,14,18,24,28-30,38,43-44,46,48,50,56,58,61-62H2,3-8H3. The monoisotopic (exact) mass is 1540 g/mol. The van der Waals surface area contributed by atoms with Crippen LogP contribution in [0.1, 0.15) is 195 Å². The molecule has 590 valence electrons. The number of halogens is 2. The molecule has 0 saturated heterocycles. The lowest BCUT2D eigenvalue weighted by atomic mass is 9.55. The second-order valence-electron chi connectivity index (χ2n) is 36.5.